The molecule has 10 heteroatoms. The molecule has 1 aromatic carbocycles. The van der Waals surface area contributed by atoms with Crippen LogP contribution in [0.5, 0.6) is 0 Å². The summed E-state index contributed by atoms with van der Waals surface area (Å²) in [6, 6.07) is 2.31. The van der Waals surface area contributed by atoms with Crippen LogP contribution in [0.25, 0.3) is 0 Å². The molecule has 0 radical (unpaired) electrons. The lowest BCUT2D eigenvalue weighted by atomic mass is 9.95. The molecule has 0 spiro atoms. The second kappa shape index (κ2) is 6.82. The van der Waals surface area contributed by atoms with Crippen molar-refractivity contribution in [1.82, 2.24) is 4.72 Å². The Kier molecular flexibility index (Phi) is 5.04. The minimum Gasteiger partial charge on any atom is -0.381 e. The zero-order valence-electron chi connectivity index (χ0n) is 12.3. The monoisotopic (exact) mass is 342 g/mol. The van der Waals surface area contributed by atoms with Crippen LogP contribution in [-0.4, -0.2) is 25.4 Å². The molecule has 1 aromatic rings. The van der Waals surface area contributed by atoms with Gasteiger partial charge >= 0.3 is 6.03 Å². The summed E-state index contributed by atoms with van der Waals surface area (Å²) < 4.78 is 26.0. The molecule has 0 atom stereocenters. The Morgan fingerprint density at radius 1 is 1.26 bits per heavy atom. The number of benzene rings is 1. The Bertz CT molecular complexity index is 713. The maximum atomic E-state index is 12.2. The normalized spacial score (nSPS) is 15.8. The number of urea groups is 1. The second-order valence-electron chi connectivity index (χ2n) is 5.39. The molecule has 9 nitrogen and oxygen atoms in total. The molecule has 0 aliphatic heterocycles. The Balaban J connectivity index is 2.40. The van der Waals surface area contributed by atoms with E-state index in [1.54, 1.807) is 4.72 Å². The van der Waals surface area contributed by atoms with E-state index < -0.39 is 21.0 Å². The molecule has 0 aromatic heterocycles. The van der Waals surface area contributed by atoms with Crippen LogP contribution in [0, 0.1) is 10.1 Å². The van der Waals surface area contributed by atoms with Gasteiger partial charge in [0.25, 0.3) is 15.7 Å². The molecular formula is C13H18N4O5S. The summed E-state index contributed by atoms with van der Waals surface area (Å²) in [6.07, 6.45) is 4.98. The molecule has 1 aliphatic rings. The molecule has 1 fully saturated rings. The maximum Gasteiger partial charge on any atom is 0.326 e. The molecule has 23 heavy (non-hydrogen) atoms. The zero-order valence-corrected chi connectivity index (χ0v) is 13.1. The molecule has 0 unspecified atom stereocenters. The lowest BCUT2D eigenvalue weighted by Gasteiger charge is -2.25. The maximum absolute atomic E-state index is 12.2. The topological polar surface area (TPSA) is 144 Å². The summed E-state index contributed by atoms with van der Waals surface area (Å²) >= 11 is 0. The van der Waals surface area contributed by atoms with Gasteiger partial charge in [-0.15, -0.1) is 0 Å². The fourth-order valence-electron chi connectivity index (χ4n) is 2.62. The lowest BCUT2D eigenvalue weighted by Crippen LogP contribution is -2.35. The molecule has 1 aliphatic carbocycles. The third kappa shape index (κ3) is 4.31. The van der Waals surface area contributed by atoms with E-state index in [4.69, 9.17) is 5.73 Å². The van der Waals surface area contributed by atoms with E-state index in [0.717, 1.165) is 38.2 Å². The Hall–Kier alpha value is -2.36. The van der Waals surface area contributed by atoms with Gasteiger partial charge in [0.1, 0.15) is 4.90 Å². The quantitative estimate of drug-likeness (QED) is 0.548. The first-order valence-electron chi connectivity index (χ1n) is 7.17. The number of nitro benzene ring substituents is 1. The largest absolute Gasteiger partial charge is 0.381 e. The van der Waals surface area contributed by atoms with E-state index >= 15 is 0 Å². The van der Waals surface area contributed by atoms with Crippen molar-refractivity contribution in [2.75, 3.05) is 5.32 Å². The smallest absolute Gasteiger partial charge is 0.326 e. The van der Waals surface area contributed by atoms with Crippen LogP contribution in [0.3, 0.4) is 0 Å². The molecule has 2 amide bonds. The van der Waals surface area contributed by atoms with Crippen molar-refractivity contribution in [3.8, 4) is 0 Å². The molecule has 2 rings (SSSR count). The summed E-state index contributed by atoms with van der Waals surface area (Å²) in [4.78, 5) is 20.7. The number of hydrogen-bond donors (Lipinski definition) is 3. The Morgan fingerprint density at radius 3 is 2.48 bits per heavy atom. The third-order valence-corrected chi connectivity index (χ3v) is 5.05. The number of carbonyl (C=O) groups is 1. The van der Waals surface area contributed by atoms with Crippen molar-refractivity contribution < 1.29 is 18.1 Å². The number of nitrogens with two attached hydrogens (primary N) is 1. The standard InChI is InChI=1S/C13H18N4O5S/c14-13(18)16-23(21,22)12-8-10(17(19)20)6-7-11(12)15-9-4-2-1-3-5-9/h6-9,15H,1-5H2,(H3,14,16,18). The molecule has 126 valence electrons. The number of hydrogen-bond acceptors (Lipinski definition) is 6. The van der Waals surface area contributed by atoms with Gasteiger partial charge in [0.05, 0.1) is 10.6 Å². The number of nitrogens with one attached hydrogen (secondary N) is 2. The number of nitrogens with zero attached hydrogens (tertiary/aromatic N) is 1. The minimum absolute atomic E-state index is 0.0905. The number of anilines is 1. The van der Waals surface area contributed by atoms with Gasteiger partial charge in [0.15, 0.2) is 0 Å². The average molecular weight is 342 g/mol. The van der Waals surface area contributed by atoms with Crippen LogP contribution in [0.4, 0.5) is 16.2 Å². The first-order valence-corrected chi connectivity index (χ1v) is 8.65. The number of rotatable bonds is 5. The molecular weight excluding hydrogens is 324 g/mol. The van der Waals surface area contributed by atoms with Crippen molar-refractivity contribution in [2.45, 2.75) is 43.0 Å². The van der Waals surface area contributed by atoms with Crippen molar-refractivity contribution in [2.24, 2.45) is 5.73 Å². The van der Waals surface area contributed by atoms with Crippen LogP contribution in [0.2, 0.25) is 0 Å². The average Bonchev–Trinajstić information content (AvgIpc) is 2.47. The first kappa shape index (κ1) is 17.0. The van der Waals surface area contributed by atoms with E-state index in [0.29, 0.717) is 0 Å². The molecule has 0 heterocycles. The second-order valence-corrected chi connectivity index (χ2v) is 7.04. The number of nitro groups is 1. The van der Waals surface area contributed by atoms with Gasteiger partial charge in [-0.1, -0.05) is 19.3 Å². The van der Waals surface area contributed by atoms with Crippen molar-refractivity contribution in [3.05, 3.63) is 28.3 Å². The van der Waals surface area contributed by atoms with Gasteiger partial charge in [-0.3, -0.25) is 10.1 Å². The highest BCUT2D eigenvalue weighted by Crippen LogP contribution is 2.29. The highest BCUT2D eigenvalue weighted by Gasteiger charge is 2.25. The number of sulfonamides is 1. The van der Waals surface area contributed by atoms with Gasteiger partial charge in [0, 0.05) is 18.2 Å². The summed E-state index contributed by atoms with van der Waals surface area (Å²) in [5.74, 6) is 0. The van der Waals surface area contributed by atoms with Gasteiger partial charge in [-0.05, 0) is 18.9 Å². The summed E-state index contributed by atoms with van der Waals surface area (Å²) in [5.41, 5.74) is 4.70. The number of non-ortho nitro benzene ring substituents is 1. The van der Waals surface area contributed by atoms with Crippen LogP contribution in [0.15, 0.2) is 23.1 Å². The molecule has 4 N–H and O–H groups in total. The highest BCUT2D eigenvalue weighted by atomic mass is 32.2. The Morgan fingerprint density at radius 2 is 1.91 bits per heavy atom. The molecule has 1 saturated carbocycles. The van der Waals surface area contributed by atoms with Crippen LogP contribution < -0.4 is 15.8 Å². The number of primary amides is 1. The predicted molar refractivity (Wildman–Crippen MR) is 83.5 cm³/mol. The van der Waals surface area contributed by atoms with E-state index in [9.17, 15) is 23.3 Å². The molecule has 0 saturated heterocycles. The fraction of sp³-hybridized carbons (Fsp3) is 0.462. The number of carbonyl (C=O) groups excluding carboxylic acids is 1. The first-order chi connectivity index (χ1) is 10.8. The lowest BCUT2D eigenvalue weighted by molar-refractivity contribution is -0.385. The minimum atomic E-state index is -4.29. The predicted octanol–water partition coefficient (Wildman–Crippen LogP) is 1.70. The third-order valence-electron chi connectivity index (χ3n) is 3.67. The van der Waals surface area contributed by atoms with Gasteiger partial charge in [-0.25, -0.2) is 17.9 Å². The van der Waals surface area contributed by atoms with Crippen molar-refractivity contribution >= 4 is 27.4 Å². The van der Waals surface area contributed by atoms with Gasteiger partial charge < -0.3 is 11.1 Å². The van der Waals surface area contributed by atoms with E-state index in [-0.39, 0.29) is 22.3 Å². The summed E-state index contributed by atoms with van der Waals surface area (Å²) in [7, 11) is -4.29. The Labute approximate surface area is 133 Å². The van der Waals surface area contributed by atoms with Crippen molar-refractivity contribution in [1.29, 1.82) is 0 Å². The highest BCUT2D eigenvalue weighted by molar-refractivity contribution is 7.90. The van der Waals surface area contributed by atoms with E-state index in [1.165, 1.54) is 12.1 Å². The van der Waals surface area contributed by atoms with E-state index in [2.05, 4.69) is 5.32 Å². The summed E-state index contributed by atoms with van der Waals surface area (Å²) in [6.45, 7) is 0. The van der Waals surface area contributed by atoms with Crippen LogP contribution in [0.1, 0.15) is 32.1 Å². The molecule has 0 bridgehead atoms. The van der Waals surface area contributed by atoms with Crippen molar-refractivity contribution in [3.63, 3.8) is 0 Å². The van der Waals surface area contributed by atoms with Crippen LogP contribution in [-0.2, 0) is 10.0 Å². The SMILES string of the molecule is NC(=O)NS(=O)(=O)c1cc([N+](=O)[O-])ccc1NC1CCCCC1. The van der Waals surface area contributed by atoms with E-state index in [1.807, 2.05) is 0 Å². The van der Waals surface area contributed by atoms with Gasteiger partial charge in [0.2, 0.25) is 0 Å². The van der Waals surface area contributed by atoms with Crippen LogP contribution >= 0.6 is 0 Å². The fourth-order valence-corrected chi connectivity index (χ4v) is 3.69. The summed E-state index contributed by atoms with van der Waals surface area (Å²) in [5, 5.41) is 14.0. The zero-order chi connectivity index (χ0) is 17.0. The van der Waals surface area contributed by atoms with Gasteiger partial charge in [-0.2, -0.15) is 0 Å². The number of amides is 2.